The van der Waals surface area contributed by atoms with Crippen LogP contribution in [0.5, 0.6) is 0 Å². The number of piperidine rings is 1. The molecule has 1 aromatic carbocycles. The van der Waals surface area contributed by atoms with Crippen molar-refractivity contribution < 1.29 is 8.42 Å². The maximum atomic E-state index is 13.2. The zero-order valence-electron chi connectivity index (χ0n) is 15.0. The molecule has 3 heterocycles. The minimum Gasteiger partial charge on any atom is -0.302 e. The van der Waals surface area contributed by atoms with Gasteiger partial charge in [0, 0.05) is 43.5 Å². The quantitative estimate of drug-likeness (QED) is 0.828. The van der Waals surface area contributed by atoms with Crippen molar-refractivity contribution in [1.82, 2.24) is 19.2 Å². The highest BCUT2D eigenvalue weighted by Gasteiger charge is 2.36. The van der Waals surface area contributed by atoms with Crippen LogP contribution in [-0.2, 0) is 23.0 Å². The number of hydrogen-bond donors (Lipinski definition) is 0. The first kappa shape index (κ1) is 17.6. The van der Waals surface area contributed by atoms with Crippen molar-refractivity contribution in [2.45, 2.75) is 43.2 Å². The summed E-state index contributed by atoms with van der Waals surface area (Å²) in [6.45, 7) is 2.34. The van der Waals surface area contributed by atoms with Crippen LogP contribution >= 0.6 is 0 Å². The molecule has 0 radical (unpaired) electrons. The Bertz CT molecular complexity index is 886. The van der Waals surface area contributed by atoms with Gasteiger partial charge in [-0.1, -0.05) is 24.6 Å². The van der Waals surface area contributed by atoms with E-state index in [-0.39, 0.29) is 6.04 Å². The van der Waals surface area contributed by atoms with Crippen molar-refractivity contribution in [2.24, 2.45) is 0 Å². The van der Waals surface area contributed by atoms with Gasteiger partial charge in [0.05, 0.1) is 10.9 Å². The second-order valence-electron chi connectivity index (χ2n) is 7.13. The number of rotatable bonds is 3. The molecule has 0 bridgehead atoms. The van der Waals surface area contributed by atoms with Gasteiger partial charge in [0.1, 0.15) is 5.82 Å². The summed E-state index contributed by atoms with van der Waals surface area (Å²) in [5.74, 6) is 0.646. The Hall–Kier alpha value is -1.83. The van der Waals surface area contributed by atoms with E-state index >= 15 is 0 Å². The number of benzene rings is 1. The molecule has 1 saturated heterocycles. The third kappa shape index (κ3) is 3.26. The highest BCUT2D eigenvalue weighted by molar-refractivity contribution is 7.89. The lowest BCUT2D eigenvalue weighted by atomic mass is 10.0. The summed E-state index contributed by atoms with van der Waals surface area (Å²) < 4.78 is 27.9. The highest BCUT2D eigenvalue weighted by atomic mass is 32.2. The van der Waals surface area contributed by atoms with E-state index in [0.717, 1.165) is 50.0 Å². The highest BCUT2D eigenvalue weighted by Crippen LogP contribution is 2.34. The lowest BCUT2D eigenvalue weighted by Gasteiger charge is -2.34. The molecule has 0 spiro atoms. The fourth-order valence-electron chi connectivity index (χ4n) is 3.81. The average Bonchev–Trinajstić information content (AvgIpc) is 2.68. The SMILES string of the molecule is CN1CCc2nc([C@@H]3CCCCN3S(=O)(=O)c3ccccc3)ncc2C1. The van der Waals surface area contributed by atoms with E-state index in [4.69, 9.17) is 4.98 Å². The lowest BCUT2D eigenvalue weighted by Crippen LogP contribution is -2.39. The van der Waals surface area contributed by atoms with E-state index in [1.54, 1.807) is 28.6 Å². The molecule has 2 aliphatic heterocycles. The first-order chi connectivity index (χ1) is 12.6. The van der Waals surface area contributed by atoms with Gasteiger partial charge in [-0.3, -0.25) is 0 Å². The van der Waals surface area contributed by atoms with Crippen LogP contribution in [0.3, 0.4) is 0 Å². The molecule has 0 aliphatic carbocycles. The number of nitrogens with zero attached hydrogens (tertiary/aromatic N) is 4. The van der Waals surface area contributed by atoms with Crippen molar-refractivity contribution in [3.8, 4) is 0 Å². The second kappa shape index (κ2) is 7.06. The largest absolute Gasteiger partial charge is 0.302 e. The molecule has 1 fully saturated rings. The molecule has 138 valence electrons. The molecule has 0 saturated carbocycles. The molecular weight excluding hydrogens is 348 g/mol. The molecule has 26 heavy (non-hydrogen) atoms. The number of sulfonamides is 1. The van der Waals surface area contributed by atoms with E-state index in [9.17, 15) is 8.42 Å². The molecule has 1 atom stereocenters. The van der Waals surface area contributed by atoms with Crippen LogP contribution in [0.25, 0.3) is 0 Å². The third-order valence-electron chi connectivity index (χ3n) is 5.24. The van der Waals surface area contributed by atoms with Gasteiger partial charge in [-0.2, -0.15) is 4.31 Å². The predicted octanol–water partition coefficient (Wildman–Crippen LogP) is 2.38. The van der Waals surface area contributed by atoms with Gasteiger partial charge in [0.2, 0.25) is 10.0 Å². The maximum absolute atomic E-state index is 13.2. The minimum absolute atomic E-state index is 0.279. The first-order valence-corrected chi connectivity index (χ1v) is 10.6. The van der Waals surface area contributed by atoms with E-state index < -0.39 is 10.0 Å². The van der Waals surface area contributed by atoms with Gasteiger partial charge in [-0.05, 0) is 32.0 Å². The van der Waals surface area contributed by atoms with Gasteiger partial charge >= 0.3 is 0 Å². The van der Waals surface area contributed by atoms with Crippen LogP contribution < -0.4 is 0 Å². The van der Waals surface area contributed by atoms with Crippen LogP contribution in [0.1, 0.15) is 42.4 Å². The smallest absolute Gasteiger partial charge is 0.243 e. The number of aromatic nitrogens is 2. The summed E-state index contributed by atoms with van der Waals surface area (Å²) in [6.07, 6.45) is 5.41. The zero-order chi connectivity index (χ0) is 18.1. The second-order valence-corrected chi connectivity index (χ2v) is 9.02. The Balaban J connectivity index is 1.68. The minimum atomic E-state index is -3.54. The van der Waals surface area contributed by atoms with Crippen molar-refractivity contribution in [3.63, 3.8) is 0 Å². The van der Waals surface area contributed by atoms with Gasteiger partial charge in [-0.25, -0.2) is 18.4 Å². The Morgan fingerprint density at radius 1 is 1.12 bits per heavy atom. The summed E-state index contributed by atoms with van der Waals surface area (Å²) in [7, 11) is -1.45. The van der Waals surface area contributed by atoms with Crippen molar-refractivity contribution in [1.29, 1.82) is 0 Å². The van der Waals surface area contributed by atoms with Crippen molar-refractivity contribution in [2.75, 3.05) is 20.1 Å². The van der Waals surface area contributed by atoms with Crippen LogP contribution in [-0.4, -0.2) is 47.7 Å². The van der Waals surface area contributed by atoms with Crippen LogP contribution in [0.2, 0.25) is 0 Å². The summed E-state index contributed by atoms with van der Waals surface area (Å²) in [4.78, 5) is 11.9. The molecule has 7 heteroatoms. The van der Waals surface area contributed by atoms with Crippen molar-refractivity contribution >= 4 is 10.0 Å². The van der Waals surface area contributed by atoms with Gasteiger partial charge in [0.25, 0.3) is 0 Å². The monoisotopic (exact) mass is 372 g/mol. The fourth-order valence-corrected chi connectivity index (χ4v) is 5.49. The van der Waals surface area contributed by atoms with Crippen LogP contribution in [0.4, 0.5) is 0 Å². The molecule has 0 N–H and O–H groups in total. The molecule has 0 unspecified atom stereocenters. The molecule has 2 aliphatic rings. The van der Waals surface area contributed by atoms with E-state index in [1.165, 1.54) is 0 Å². The third-order valence-corrected chi connectivity index (χ3v) is 7.17. The molecular formula is C19H24N4O2S. The van der Waals surface area contributed by atoms with Crippen molar-refractivity contribution in [3.05, 3.63) is 53.6 Å². The Morgan fingerprint density at radius 3 is 2.73 bits per heavy atom. The van der Waals surface area contributed by atoms with Crippen LogP contribution in [0.15, 0.2) is 41.4 Å². The Labute approximate surface area is 154 Å². The predicted molar refractivity (Wildman–Crippen MR) is 99.0 cm³/mol. The topological polar surface area (TPSA) is 66.4 Å². The zero-order valence-corrected chi connectivity index (χ0v) is 15.8. The Kier molecular flexibility index (Phi) is 4.77. The molecule has 6 nitrogen and oxygen atoms in total. The Morgan fingerprint density at radius 2 is 1.92 bits per heavy atom. The van der Waals surface area contributed by atoms with E-state index in [2.05, 4.69) is 16.9 Å². The summed E-state index contributed by atoms with van der Waals surface area (Å²) in [5.41, 5.74) is 2.21. The fraction of sp³-hybridized carbons (Fsp3) is 0.474. The van der Waals surface area contributed by atoms with Gasteiger partial charge < -0.3 is 4.90 Å². The normalized spacial score (nSPS) is 22.1. The standard InChI is InChI=1S/C19H24N4O2S/c1-22-12-10-17-15(14-22)13-20-19(21-17)18-9-5-6-11-23(18)26(24,25)16-7-3-2-4-8-16/h2-4,7-8,13,18H,5-6,9-12,14H2,1H3/t18-/m0/s1. The van der Waals surface area contributed by atoms with Gasteiger partial charge in [0.15, 0.2) is 0 Å². The summed E-state index contributed by atoms with van der Waals surface area (Å²) in [5, 5.41) is 0. The number of likely N-dealkylation sites (N-methyl/N-ethyl adjacent to an activating group) is 1. The maximum Gasteiger partial charge on any atom is 0.243 e. The van der Waals surface area contributed by atoms with E-state index in [1.807, 2.05) is 12.3 Å². The molecule has 2 aromatic rings. The number of hydrogen-bond acceptors (Lipinski definition) is 5. The summed E-state index contributed by atoms with van der Waals surface area (Å²) >= 11 is 0. The first-order valence-electron chi connectivity index (χ1n) is 9.16. The van der Waals surface area contributed by atoms with Crippen LogP contribution in [0, 0.1) is 0 Å². The lowest BCUT2D eigenvalue weighted by molar-refractivity contribution is 0.244. The molecule has 1 aromatic heterocycles. The van der Waals surface area contributed by atoms with E-state index in [0.29, 0.717) is 17.3 Å². The molecule has 0 amide bonds. The summed E-state index contributed by atoms with van der Waals surface area (Å²) in [6, 6.07) is 8.39. The average molecular weight is 372 g/mol. The van der Waals surface area contributed by atoms with Gasteiger partial charge in [-0.15, -0.1) is 0 Å². The molecule has 4 rings (SSSR count). The number of fused-ring (bicyclic) bond motifs is 1.